The molecule has 1 aromatic heterocycles. The van der Waals surface area contributed by atoms with Gasteiger partial charge in [0.2, 0.25) is 5.78 Å². The highest BCUT2D eigenvalue weighted by Crippen LogP contribution is 2.23. The van der Waals surface area contributed by atoms with Crippen LogP contribution in [0.1, 0.15) is 16.1 Å². The number of rotatable bonds is 3. The Hall–Kier alpha value is -0.580. The molecular formula is C12H7Br2ClO2. The van der Waals surface area contributed by atoms with Crippen molar-refractivity contribution >= 4 is 49.2 Å². The van der Waals surface area contributed by atoms with Gasteiger partial charge in [-0.25, -0.2) is 0 Å². The van der Waals surface area contributed by atoms with Crippen molar-refractivity contribution in [3.63, 3.8) is 0 Å². The lowest BCUT2D eigenvalue weighted by molar-refractivity contribution is 0.0965. The molecule has 0 unspecified atom stereocenters. The second kappa shape index (κ2) is 5.38. The topological polar surface area (TPSA) is 30.2 Å². The van der Waals surface area contributed by atoms with E-state index in [0.717, 1.165) is 10.0 Å². The van der Waals surface area contributed by atoms with Crippen molar-refractivity contribution in [2.45, 2.75) is 6.42 Å². The summed E-state index contributed by atoms with van der Waals surface area (Å²) in [6, 6.07) is 8.77. The highest BCUT2D eigenvalue weighted by Gasteiger charge is 2.13. The van der Waals surface area contributed by atoms with Crippen LogP contribution in [0.15, 0.2) is 43.9 Å². The highest BCUT2D eigenvalue weighted by molar-refractivity contribution is 9.10. The monoisotopic (exact) mass is 376 g/mol. The lowest BCUT2D eigenvalue weighted by Gasteiger charge is -2.02. The number of hydrogen-bond donors (Lipinski definition) is 0. The highest BCUT2D eigenvalue weighted by atomic mass is 79.9. The van der Waals surface area contributed by atoms with E-state index in [-0.39, 0.29) is 12.2 Å². The second-order valence-electron chi connectivity index (χ2n) is 3.44. The first-order valence-corrected chi connectivity index (χ1v) is 6.75. The van der Waals surface area contributed by atoms with Gasteiger partial charge in [0, 0.05) is 15.9 Å². The molecule has 0 fully saturated rings. The van der Waals surface area contributed by atoms with E-state index >= 15 is 0 Å². The maximum atomic E-state index is 11.9. The Morgan fingerprint density at radius 1 is 1.24 bits per heavy atom. The van der Waals surface area contributed by atoms with Gasteiger partial charge >= 0.3 is 0 Å². The fraction of sp³-hybridized carbons (Fsp3) is 0.0833. The molecule has 0 amide bonds. The number of carbonyl (C=O) groups excluding carboxylic acids is 1. The Labute approximate surface area is 120 Å². The maximum absolute atomic E-state index is 11.9. The Morgan fingerprint density at radius 2 is 2.00 bits per heavy atom. The first-order valence-electron chi connectivity index (χ1n) is 4.79. The third-order valence-corrected chi connectivity index (χ3v) is 3.49. The van der Waals surface area contributed by atoms with Gasteiger partial charge in [0.15, 0.2) is 10.4 Å². The molecule has 0 atom stereocenters. The molecule has 0 bridgehead atoms. The van der Waals surface area contributed by atoms with Crippen molar-refractivity contribution in [2.75, 3.05) is 0 Å². The predicted octanol–water partition coefficient (Wildman–Crippen LogP) is 4.88. The summed E-state index contributed by atoms with van der Waals surface area (Å²) in [5.41, 5.74) is 0.785. The number of benzene rings is 1. The van der Waals surface area contributed by atoms with E-state index in [1.54, 1.807) is 18.2 Å². The second-order valence-corrected chi connectivity index (χ2v) is 5.54. The number of Topliss-reactive ketones (excluding diaryl/α,β-unsaturated/α-hetero) is 1. The van der Waals surface area contributed by atoms with Gasteiger partial charge in [0.25, 0.3) is 0 Å². The predicted molar refractivity (Wildman–Crippen MR) is 73.6 cm³/mol. The summed E-state index contributed by atoms with van der Waals surface area (Å²) >= 11 is 12.5. The van der Waals surface area contributed by atoms with Crippen LogP contribution in [0.5, 0.6) is 0 Å². The van der Waals surface area contributed by atoms with Crippen molar-refractivity contribution in [1.29, 1.82) is 0 Å². The van der Waals surface area contributed by atoms with Crippen LogP contribution in [-0.2, 0) is 6.42 Å². The molecule has 0 radical (unpaired) electrons. The van der Waals surface area contributed by atoms with Gasteiger partial charge in [-0.05, 0) is 45.8 Å². The summed E-state index contributed by atoms with van der Waals surface area (Å²) in [5, 5.41) is 0.568. The van der Waals surface area contributed by atoms with Crippen molar-refractivity contribution < 1.29 is 9.21 Å². The van der Waals surface area contributed by atoms with Crippen LogP contribution in [0.3, 0.4) is 0 Å². The average molecular weight is 378 g/mol. The summed E-state index contributed by atoms with van der Waals surface area (Å²) in [6.45, 7) is 0. The number of halogens is 3. The smallest absolute Gasteiger partial charge is 0.202 e. The third-order valence-electron chi connectivity index (χ3n) is 2.21. The molecule has 88 valence electrons. The fourth-order valence-electron chi connectivity index (χ4n) is 1.39. The quantitative estimate of drug-likeness (QED) is 0.713. The SMILES string of the molecule is O=C(Cc1ccc(Br)cc1Cl)c1ccc(Br)o1. The van der Waals surface area contributed by atoms with Gasteiger partial charge in [-0.15, -0.1) is 0 Å². The minimum Gasteiger partial charge on any atom is -0.446 e. The summed E-state index contributed by atoms with van der Waals surface area (Å²) in [7, 11) is 0. The van der Waals surface area contributed by atoms with Gasteiger partial charge in [0.05, 0.1) is 0 Å². The van der Waals surface area contributed by atoms with Crippen LogP contribution < -0.4 is 0 Å². The molecule has 0 aliphatic heterocycles. The first-order chi connectivity index (χ1) is 8.06. The summed E-state index contributed by atoms with van der Waals surface area (Å²) < 4.78 is 6.63. The Bertz CT molecular complexity index is 563. The molecule has 0 N–H and O–H groups in total. The summed E-state index contributed by atoms with van der Waals surface area (Å²) in [4.78, 5) is 11.9. The lowest BCUT2D eigenvalue weighted by atomic mass is 10.1. The average Bonchev–Trinajstić information content (AvgIpc) is 2.69. The summed E-state index contributed by atoms with van der Waals surface area (Å²) in [5.74, 6) is 0.232. The van der Waals surface area contributed by atoms with Crippen LogP contribution in [0.2, 0.25) is 5.02 Å². The van der Waals surface area contributed by atoms with Crippen molar-refractivity contribution in [3.8, 4) is 0 Å². The Morgan fingerprint density at radius 3 is 2.59 bits per heavy atom. The van der Waals surface area contributed by atoms with E-state index in [0.29, 0.717) is 15.5 Å². The van der Waals surface area contributed by atoms with Gasteiger partial charge in [0.1, 0.15) is 0 Å². The van der Waals surface area contributed by atoms with E-state index < -0.39 is 0 Å². The van der Waals surface area contributed by atoms with Crippen molar-refractivity contribution in [1.82, 2.24) is 0 Å². The largest absolute Gasteiger partial charge is 0.446 e. The molecule has 0 spiro atoms. The standard InChI is InChI=1S/C12H7Br2ClO2/c13-8-2-1-7(9(15)6-8)5-10(16)11-3-4-12(14)17-11/h1-4,6H,5H2. The van der Waals surface area contributed by atoms with E-state index in [4.69, 9.17) is 16.0 Å². The Kier molecular flexibility index (Phi) is 4.07. The number of furan rings is 1. The fourth-order valence-corrected chi connectivity index (χ4v) is 2.44. The van der Waals surface area contributed by atoms with Crippen LogP contribution in [0.4, 0.5) is 0 Å². The molecule has 2 nitrogen and oxygen atoms in total. The lowest BCUT2D eigenvalue weighted by Crippen LogP contribution is -2.02. The molecule has 1 aromatic carbocycles. The van der Waals surface area contributed by atoms with Crippen molar-refractivity contribution in [3.05, 3.63) is 55.8 Å². The molecular weight excluding hydrogens is 371 g/mol. The Balaban J connectivity index is 2.18. The molecule has 0 saturated carbocycles. The van der Waals surface area contributed by atoms with E-state index in [2.05, 4.69) is 31.9 Å². The zero-order valence-corrected chi connectivity index (χ0v) is 12.5. The van der Waals surface area contributed by atoms with Gasteiger partial charge in [-0.1, -0.05) is 33.6 Å². The molecule has 5 heteroatoms. The van der Waals surface area contributed by atoms with E-state index in [1.165, 1.54) is 0 Å². The number of hydrogen-bond acceptors (Lipinski definition) is 2. The third kappa shape index (κ3) is 3.21. The molecule has 2 rings (SSSR count). The van der Waals surface area contributed by atoms with Crippen LogP contribution in [-0.4, -0.2) is 5.78 Å². The first kappa shape index (κ1) is 12.9. The number of ketones is 1. The van der Waals surface area contributed by atoms with Crippen molar-refractivity contribution in [2.24, 2.45) is 0 Å². The van der Waals surface area contributed by atoms with Crippen LogP contribution in [0.25, 0.3) is 0 Å². The van der Waals surface area contributed by atoms with Crippen LogP contribution in [0, 0.1) is 0 Å². The minimum absolute atomic E-state index is 0.0973. The van der Waals surface area contributed by atoms with Gasteiger partial charge < -0.3 is 4.42 Å². The summed E-state index contributed by atoms with van der Waals surface area (Å²) in [6.07, 6.45) is 0.228. The maximum Gasteiger partial charge on any atom is 0.202 e. The normalized spacial score (nSPS) is 10.5. The van der Waals surface area contributed by atoms with E-state index in [1.807, 2.05) is 12.1 Å². The zero-order valence-electron chi connectivity index (χ0n) is 8.54. The molecule has 0 aliphatic carbocycles. The molecule has 0 aliphatic rings. The van der Waals surface area contributed by atoms with Gasteiger partial charge in [-0.2, -0.15) is 0 Å². The van der Waals surface area contributed by atoms with Crippen LogP contribution >= 0.6 is 43.5 Å². The zero-order chi connectivity index (χ0) is 12.4. The molecule has 1 heterocycles. The molecule has 2 aromatic rings. The van der Waals surface area contributed by atoms with Gasteiger partial charge in [-0.3, -0.25) is 4.79 Å². The molecule has 17 heavy (non-hydrogen) atoms. The number of carbonyl (C=O) groups is 1. The minimum atomic E-state index is -0.0973. The van der Waals surface area contributed by atoms with E-state index in [9.17, 15) is 4.79 Å². The molecule has 0 saturated heterocycles.